The minimum Gasteiger partial charge on any atom is -0.619 e. The van der Waals surface area contributed by atoms with Crippen molar-refractivity contribution in [3.8, 4) is 0 Å². The minimum atomic E-state index is -0.0991. The van der Waals surface area contributed by atoms with Gasteiger partial charge in [0.05, 0.1) is 0 Å². The molecular weight excluding hydrogens is 168 g/mol. The first-order valence-corrected chi connectivity index (χ1v) is 4.02. The summed E-state index contributed by atoms with van der Waals surface area (Å²) in [7, 11) is 0. The molecule has 4 heteroatoms. The fourth-order valence-corrected chi connectivity index (χ4v) is 0.928. The Hall–Kier alpha value is -1.58. The molecule has 0 fully saturated rings. The van der Waals surface area contributed by atoms with Crippen molar-refractivity contribution in [3.05, 3.63) is 34.8 Å². The first kappa shape index (κ1) is 9.51. The van der Waals surface area contributed by atoms with E-state index in [2.05, 4.69) is 5.32 Å². The summed E-state index contributed by atoms with van der Waals surface area (Å²) in [5, 5.41) is 13.7. The molecule has 13 heavy (non-hydrogen) atoms. The number of rotatable bonds is 2. The molecule has 1 N–H and O–H groups in total. The van der Waals surface area contributed by atoms with Gasteiger partial charge in [0.15, 0.2) is 11.9 Å². The molecule has 0 aromatic carbocycles. The van der Waals surface area contributed by atoms with Crippen molar-refractivity contribution >= 4 is 5.91 Å². The minimum absolute atomic E-state index is 0.0991. The van der Waals surface area contributed by atoms with Crippen molar-refractivity contribution in [3.63, 3.8) is 0 Å². The van der Waals surface area contributed by atoms with Crippen LogP contribution in [0.2, 0.25) is 0 Å². The van der Waals surface area contributed by atoms with Crippen LogP contribution in [0.25, 0.3) is 0 Å². The molecule has 4 nitrogen and oxygen atoms in total. The molecule has 0 aliphatic heterocycles. The van der Waals surface area contributed by atoms with Crippen LogP contribution in [0.1, 0.15) is 18.2 Å². The molecule has 0 atom stereocenters. The number of pyridine rings is 1. The van der Waals surface area contributed by atoms with Gasteiger partial charge in [0.2, 0.25) is 5.91 Å². The molecule has 70 valence electrons. The fraction of sp³-hybridized carbons (Fsp3) is 0.333. The maximum atomic E-state index is 11.1. The summed E-state index contributed by atoms with van der Waals surface area (Å²) in [6.45, 7) is 3.58. The summed E-state index contributed by atoms with van der Waals surface area (Å²) >= 11 is 0. The Morgan fingerprint density at radius 3 is 2.85 bits per heavy atom. The van der Waals surface area contributed by atoms with Crippen LogP contribution < -0.4 is 10.0 Å². The van der Waals surface area contributed by atoms with Gasteiger partial charge < -0.3 is 10.5 Å². The number of nitrogens with one attached hydrogen (secondary N) is 1. The van der Waals surface area contributed by atoms with Crippen molar-refractivity contribution in [2.75, 3.05) is 0 Å². The molecule has 1 heterocycles. The molecular formula is C9H12N2O2. The van der Waals surface area contributed by atoms with Gasteiger partial charge >= 0.3 is 0 Å². The first-order valence-electron chi connectivity index (χ1n) is 4.02. The second kappa shape index (κ2) is 3.89. The number of nitrogens with zero attached hydrogens (tertiary/aromatic N) is 1. The van der Waals surface area contributed by atoms with E-state index >= 15 is 0 Å². The van der Waals surface area contributed by atoms with E-state index in [-0.39, 0.29) is 5.91 Å². The molecule has 0 aliphatic carbocycles. The molecule has 0 saturated heterocycles. The van der Waals surface area contributed by atoms with Crippen molar-refractivity contribution in [2.45, 2.75) is 20.4 Å². The Kier molecular flexibility index (Phi) is 2.84. The molecule has 1 aromatic heterocycles. The van der Waals surface area contributed by atoms with Gasteiger partial charge in [-0.1, -0.05) is 0 Å². The average Bonchev–Trinajstić information content (AvgIpc) is 2.07. The fourth-order valence-electron chi connectivity index (χ4n) is 0.928. The largest absolute Gasteiger partial charge is 0.619 e. The van der Waals surface area contributed by atoms with Crippen LogP contribution in [0.4, 0.5) is 0 Å². The SMILES string of the molecule is CC(=O)NCc1ccc(C)[n+]([O-])c1. The molecule has 1 amide bonds. The molecule has 0 aliphatic rings. The summed E-state index contributed by atoms with van der Waals surface area (Å²) in [4.78, 5) is 10.6. The highest BCUT2D eigenvalue weighted by atomic mass is 16.5. The van der Waals surface area contributed by atoms with Gasteiger partial charge in [-0.05, 0) is 6.07 Å². The maximum absolute atomic E-state index is 11.1. The second-order valence-corrected chi connectivity index (χ2v) is 2.91. The third kappa shape index (κ3) is 2.74. The topological polar surface area (TPSA) is 56.0 Å². The molecule has 1 rings (SSSR count). The average molecular weight is 180 g/mol. The van der Waals surface area contributed by atoms with Gasteiger partial charge in [-0.2, -0.15) is 4.73 Å². The first-order chi connectivity index (χ1) is 6.09. The molecule has 0 saturated carbocycles. The van der Waals surface area contributed by atoms with Crippen LogP contribution in [0.5, 0.6) is 0 Å². The van der Waals surface area contributed by atoms with Gasteiger partial charge in [0.25, 0.3) is 0 Å². The third-order valence-electron chi connectivity index (χ3n) is 1.71. The summed E-state index contributed by atoms with van der Waals surface area (Å²) in [6.07, 6.45) is 1.46. The second-order valence-electron chi connectivity index (χ2n) is 2.91. The van der Waals surface area contributed by atoms with Gasteiger partial charge in [-0.15, -0.1) is 0 Å². The number of aryl methyl sites for hydroxylation is 1. The van der Waals surface area contributed by atoms with E-state index in [4.69, 9.17) is 0 Å². The highest BCUT2D eigenvalue weighted by molar-refractivity contribution is 5.72. The van der Waals surface area contributed by atoms with E-state index in [1.54, 1.807) is 13.0 Å². The zero-order valence-corrected chi connectivity index (χ0v) is 7.70. The number of carbonyl (C=O) groups excluding carboxylic acids is 1. The Balaban J connectivity index is 2.68. The molecule has 0 radical (unpaired) electrons. The van der Waals surface area contributed by atoms with Gasteiger partial charge in [0, 0.05) is 32.0 Å². The van der Waals surface area contributed by atoms with Crippen LogP contribution in [0, 0.1) is 12.1 Å². The summed E-state index contributed by atoms with van der Waals surface area (Å²) in [6, 6.07) is 3.55. The standard InChI is InChI=1S/C9H12N2O2/c1-7-3-4-9(6-11(7)13)5-10-8(2)12/h3-4,6H,5H2,1-2H3,(H,10,12). The van der Waals surface area contributed by atoms with Crippen molar-refractivity contribution < 1.29 is 9.52 Å². The lowest BCUT2D eigenvalue weighted by Crippen LogP contribution is -2.31. The summed E-state index contributed by atoms with van der Waals surface area (Å²) < 4.78 is 0.789. The zero-order valence-electron chi connectivity index (χ0n) is 7.70. The number of carbonyl (C=O) groups is 1. The van der Waals surface area contributed by atoms with E-state index in [1.165, 1.54) is 13.1 Å². The van der Waals surface area contributed by atoms with E-state index in [0.29, 0.717) is 12.2 Å². The number of amides is 1. The maximum Gasteiger partial charge on any atom is 0.217 e. The monoisotopic (exact) mass is 180 g/mol. The van der Waals surface area contributed by atoms with E-state index in [0.717, 1.165) is 10.3 Å². The number of hydrogen-bond acceptors (Lipinski definition) is 2. The molecule has 0 spiro atoms. The highest BCUT2D eigenvalue weighted by Crippen LogP contribution is 1.96. The molecule has 0 bridgehead atoms. The Morgan fingerprint density at radius 2 is 2.31 bits per heavy atom. The lowest BCUT2D eigenvalue weighted by molar-refractivity contribution is -0.612. The Morgan fingerprint density at radius 1 is 1.62 bits per heavy atom. The van der Waals surface area contributed by atoms with E-state index in [1.807, 2.05) is 6.07 Å². The van der Waals surface area contributed by atoms with Crippen molar-refractivity contribution in [1.29, 1.82) is 0 Å². The van der Waals surface area contributed by atoms with E-state index in [9.17, 15) is 10.0 Å². The lowest BCUT2D eigenvalue weighted by atomic mass is 10.2. The Bertz CT molecular complexity index is 323. The predicted octanol–water partition coefficient (Wildman–Crippen LogP) is 0.265. The van der Waals surface area contributed by atoms with Crippen molar-refractivity contribution in [2.24, 2.45) is 0 Å². The predicted molar refractivity (Wildman–Crippen MR) is 47.7 cm³/mol. The van der Waals surface area contributed by atoms with Crippen LogP contribution in [0.3, 0.4) is 0 Å². The molecule has 0 unspecified atom stereocenters. The van der Waals surface area contributed by atoms with E-state index < -0.39 is 0 Å². The van der Waals surface area contributed by atoms with Crippen molar-refractivity contribution in [1.82, 2.24) is 5.32 Å². The normalized spacial score (nSPS) is 9.69. The smallest absolute Gasteiger partial charge is 0.217 e. The summed E-state index contributed by atoms with van der Waals surface area (Å²) in [5.74, 6) is -0.0991. The third-order valence-corrected chi connectivity index (χ3v) is 1.71. The highest BCUT2D eigenvalue weighted by Gasteiger charge is 2.01. The lowest BCUT2D eigenvalue weighted by Gasteiger charge is -2.03. The van der Waals surface area contributed by atoms with Crippen LogP contribution >= 0.6 is 0 Å². The van der Waals surface area contributed by atoms with Gasteiger partial charge in [-0.25, -0.2) is 0 Å². The van der Waals surface area contributed by atoms with Crippen LogP contribution in [0.15, 0.2) is 18.3 Å². The molecule has 1 aromatic rings. The number of aromatic nitrogens is 1. The van der Waals surface area contributed by atoms with Crippen LogP contribution in [-0.4, -0.2) is 5.91 Å². The van der Waals surface area contributed by atoms with Gasteiger partial charge in [-0.3, -0.25) is 4.79 Å². The number of hydrogen-bond donors (Lipinski definition) is 1. The Labute approximate surface area is 76.8 Å². The van der Waals surface area contributed by atoms with Crippen LogP contribution in [-0.2, 0) is 11.3 Å². The zero-order chi connectivity index (χ0) is 9.84. The van der Waals surface area contributed by atoms with Gasteiger partial charge in [0.1, 0.15) is 0 Å². The quantitative estimate of drug-likeness (QED) is 0.524. The summed E-state index contributed by atoms with van der Waals surface area (Å²) in [5.41, 5.74) is 1.45.